The number of carbonyl (C=O) groups is 1. The molecular formula is C20H19IN2O4. The summed E-state index contributed by atoms with van der Waals surface area (Å²) in [5.74, 6) is 0.910. The zero-order valence-electron chi connectivity index (χ0n) is 15.0. The topological polar surface area (TPSA) is 62.6 Å². The van der Waals surface area contributed by atoms with E-state index in [1.807, 2.05) is 24.3 Å². The first kappa shape index (κ1) is 19.2. The number of imidazole rings is 1. The van der Waals surface area contributed by atoms with Crippen molar-refractivity contribution in [1.82, 2.24) is 9.55 Å². The highest BCUT2D eigenvalue weighted by atomic mass is 127. The van der Waals surface area contributed by atoms with Crippen LogP contribution >= 0.6 is 22.6 Å². The summed E-state index contributed by atoms with van der Waals surface area (Å²) in [4.78, 5) is 16.7. The molecule has 0 spiro atoms. The molecule has 0 unspecified atom stereocenters. The smallest absolute Gasteiger partial charge is 0.340 e. The molecule has 2 aromatic carbocycles. The Morgan fingerprint density at radius 2 is 1.78 bits per heavy atom. The second-order valence-electron chi connectivity index (χ2n) is 6.01. The second kappa shape index (κ2) is 8.43. The summed E-state index contributed by atoms with van der Waals surface area (Å²) in [6, 6.07) is 14.4. The first-order valence-corrected chi connectivity index (χ1v) is 9.32. The molecule has 0 bridgehead atoms. The van der Waals surface area contributed by atoms with E-state index in [4.69, 9.17) is 14.2 Å². The first-order chi connectivity index (χ1) is 13.0. The Kier molecular flexibility index (Phi) is 6.00. The van der Waals surface area contributed by atoms with Crippen LogP contribution in [0.4, 0.5) is 0 Å². The molecule has 0 amide bonds. The quantitative estimate of drug-likeness (QED) is 0.378. The molecule has 0 fully saturated rings. The zero-order valence-corrected chi connectivity index (χ0v) is 17.1. The van der Waals surface area contributed by atoms with Crippen LogP contribution in [0.2, 0.25) is 0 Å². The fourth-order valence-corrected chi connectivity index (χ4v) is 2.79. The lowest BCUT2D eigenvalue weighted by Gasteiger charge is -2.30. The molecule has 3 aromatic rings. The summed E-state index contributed by atoms with van der Waals surface area (Å²) in [5.41, 5.74) is -0.632. The molecule has 0 aliphatic heterocycles. The van der Waals surface area contributed by atoms with Crippen LogP contribution in [0, 0.1) is 3.57 Å². The van der Waals surface area contributed by atoms with Gasteiger partial charge in [0.05, 0.1) is 19.0 Å². The summed E-state index contributed by atoms with van der Waals surface area (Å²) in [6.45, 7) is 1.91. The molecule has 0 aliphatic carbocycles. The number of hydrogen-bond donors (Lipinski definition) is 0. The van der Waals surface area contributed by atoms with Crippen LogP contribution in [0.3, 0.4) is 0 Å². The number of rotatable bonds is 7. The molecule has 0 saturated carbocycles. The van der Waals surface area contributed by atoms with Gasteiger partial charge in [0.25, 0.3) is 0 Å². The Hall–Kier alpha value is -2.55. The summed E-state index contributed by atoms with van der Waals surface area (Å²) in [5, 5.41) is 0. The van der Waals surface area contributed by atoms with Crippen molar-refractivity contribution in [2.75, 3.05) is 13.7 Å². The monoisotopic (exact) mass is 478 g/mol. The van der Waals surface area contributed by atoms with Crippen molar-refractivity contribution in [3.05, 3.63) is 76.4 Å². The minimum absolute atomic E-state index is 0.131. The van der Waals surface area contributed by atoms with Gasteiger partial charge in [-0.3, -0.25) is 4.57 Å². The van der Waals surface area contributed by atoms with E-state index in [0.717, 1.165) is 3.57 Å². The van der Waals surface area contributed by atoms with E-state index < -0.39 is 11.7 Å². The Bertz CT molecular complexity index is 879. The lowest BCUT2D eigenvalue weighted by molar-refractivity contribution is -0.0794. The van der Waals surface area contributed by atoms with Crippen LogP contribution in [-0.4, -0.2) is 29.2 Å². The number of halogens is 1. The van der Waals surface area contributed by atoms with Crippen molar-refractivity contribution < 1.29 is 19.0 Å². The fourth-order valence-electron chi connectivity index (χ4n) is 2.43. The molecule has 140 valence electrons. The lowest BCUT2D eigenvalue weighted by Crippen LogP contribution is -2.40. The van der Waals surface area contributed by atoms with Gasteiger partial charge in [0.1, 0.15) is 18.1 Å². The Balaban J connectivity index is 1.77. The zero-order chi connectivity index (χ0) is 19.3. The number of esters is 1. The van der Waals surface area contributed by atoms with Gasteiger partial charge in [-0.1, -0.05) is 0 Å². The van der Waals surface area contributed by atoms with Gasteiger partial charge in [0.2, 0.25) is 5.72 Å². The van der Waals surface area contributed by atoms with Gasteiger partial charge in [0, 0.05) is 16.0 Å². The Morgan fingerprint density at radius 3 is 2.37 bits per heavy atom. The molecule has 0 N–H and O–H groups in total. The van der Waals surface area contributed by atoms with E-state index in [1.54, 1.807) is 61.6 Å². The van der Waals surface area contributed by atoms with E-state index in [1.165, 1.54) is 0 Å². The highest BCUT2D eigenvalue weighted by Gasteiger charge is 2.32. The predicted molar refractivity (Wildman–Crippen MR) is 109 cm³/mol. The van der Waals surface area contributed by atoms with Crippen molar-refractivity contribution in [2.24, 2.45) is 0 Å². The van der Waals surface area contributed by atoms with Gasteiger partial charge >= 0.3 is 5.97 Å². The third-order valence-corrected chi connectivity index (χ3v) is 4.73. The average molecular weight is 478 g/mol. The van der Waals surface area contributed by atoms with Crippen LogP contribution in [0.1, 0.15) is 17.3 Å². The summed E-state index contributed by atoms with van der Waals surface area (Å²) in [6.07, 6.45) is 4.96. The van der Waals surface area contributed by atoms with E-state index in [9.17, 15) is 4.79 Å². The van der Waals surface area contributed by atoms with Crippen LogP contribution in [0.15, 0.2) is 67.3 Å². The van der Waals surface area contributed by atoms with Crippen LogP contribution < -0.4 is 9.47 Å². The highest BCUT2D eigenvalue weighted by Crippen LogP contribution is 2.23. The minimum Gasteiger partial charge on any atom is -0.497 e. The van der Waals surface area contributed by atoms with Gasteiger partial charge in [-0.05, 0) is 78.0 Å². The minimum atomic E-state index is -1.06. The van der Waals surface area contributed by atoms with Crippen molar-refractivity contribution in [3.8, 4) is 11.5 Å². The third kappa shape index (κ3) is 4.79. The van der Waals surface area contributed by atoms with Crippen LogP contribution in [0.25, 0.3) is 0 Å². The molecule has 6 nitrogen and oxygen atoms in total. The molecule has 1 atom stereocenters. The number of aromatic nitrogens is 2. The maximum atomic E-state index is 12.7. The first-order valence-electron chi connectivity index (χ1n) is 8.24. The second-order valence-corrected chi connectivity index (χ2v) is 7.25. The van der Waals surface area contributed by atoms with Crippen LogP contribution in [0.5, 0.6) is 11.5 Å². The number of methoxy groups -OCH3 is 1. The molecule has 0 aliphatic rings. The summed E-state index contributed by atoms with van der Waals surface area (Å²) in [7, 11) is 1.57. The van der Waals surface area contributed by atoms with Crippen LogP contribution in [-0.2, 0) is 10.5 Å². The number of carbonyl (C=O) groups excluding carboxylic acids is 1. The molecule has 27 heavy (non-hydrogen) atoms. The Morgan fingerprint density at radius 1 is 1.11 bits per heavy atom. The van der Waals surface area contributed by atoms with Gasteiger partial charge in [0.15, 0.2) is 0 Å². The van der Waals surface area contributed by atoms with Gasteiger partial charge < -0.3 is 14.2 Å². The van der Waals surface area contributed by atoms with Crippen molar-refractivity contribution >= 4 is 28.6 Å². The molecule has 7 heteroatoms. The molecule has 1 aromatic heterocycles. The number of nitrogens with zero attached hydrogens (tertiary/aromatic N) is 2. The number of hydrogen-bond acceptors (Lipinski definition) is 5. The van der Waals surface area contributed by atoms with E-state index in [-0.39, 0.29) is 6.61 Å². The van der Waals surface area contributed by atoms with E-state index in [0.29, 0.717) is 17.1 Å². The summed E-state index contributed by atoms with van der Waals surface area (Å²) < 4.78 is 19.6. The average Bonchev–Trinajstić information content (AvgIpc) is 3.23. The van der Waals surface area contributed by atoms with Crippen molar-refractivity contribution in [1.29, 1.82) is 0 Å². The fraction of sp³-hybridized carbons (Fsp3) is 0.200. The molecular weight excluding hydrogens is 459 g/mol. The van der Waals surface area contributed by atoms with E-state index in [2.05, 4.69) is 27.6 Å². The van der Waals surface area contributed by atoms with E-state index >= 15 is 0 Å². The van der Waals surface area contributed by atoms with Crippen molar-refractivity contribution in [3.63, 3.8) is 0 Å². The predicted octanol–water partition coefficient (Wildman–Crippen LogP) is 4.11. The van der Waals surface area contributed by atoms with Gasteiger partial charge in [-0.15, -0.1) is 0 Å². The van der Waals surface area contributed by atoms with Gasteiger partial charge in [-0.2, -0.15) is 0 Å². The Labute approximate surface area is 171 Å². The molecule has 3 rings (SSSR count). The third-order valence-electron chi connectivity index (χ3n) is 4.01. The number of benzene rings is 2. The lowest BCUT2D eigenvalue weighted by atomic mass is 10.2. The summed E-state index contributed by atoms with van der Waals surface area (Å²) >= 11 is 2.23. The largest absolute Gasteiger partial charge is 0.497 e. The maximum absolute atomic E-state index is 12.7. The maximum Gasteiger partial charge on any atom is 0.340 e. The standard InChI is InChI=1S/C20H19IN2O4/c1-20(23-12-11-22-14-23,13-26-18-9-5-16(21)6-10-18)27-19(24)15-3-7-17(25-2)8-4-15/h3-12,14H,13H2,1-2H3/t20-/m1/s1. The molecule has 1 heterocycles. The normalized spacial score (nSPS) is 12.9. The van der Waals surface area contributed by atoms with Crippen molar-refractivity contribution in [2.45, 2.75) is 12.6 Å². The van der Waals surface area contributed by atoms with Gasteiger partial charge in [-0.25, -0.2) is 9.78 Å². The highest BCUT2D eigenvalue weighted by molar-refractivity contribution is 14.1. The molecule has 0 saturated heterocycles. The molecule has 0 radical (unpaired) electrons. The SMILES string of the molecule is COc1ccc(C(=O)O[C@](C)(COc2ccc(I)cc2)n2ccnc2)cc1. The number of ether oxygens (including phenoxy) is 3.